The molecule has 1 heterocycles. The molecule has 116 valence electrons. The van der Waals surface area contributed by atoms with Gasteiger partial charge in [-0.3, -0.25) is 4.79 Å². The molecule has 2 N–H and O–H groups in total. The van der Waals surface area contributed by atoms with Crippen molar-refractivity contribution in [2.45, 2.75) is 13.8 Å². The van der Waals surface area contributed by atoms with E-state index in [1.165, 1.54) is 0 Å². The van der Waals surface area contributed by atoms with Crippen molar-refractivity contribution in [3.63, 3.8) is 0 Å². The van der Waals surface area contributed by atoms with Gasteiger partial charge in [-0.15, -0.1) is 0 Å². The van der Waals surface area contributed by atoms with Gasteiger partial charge in [-0.2, -0.15) is 4.98 Å². The fraction of sp³-hybridized carbons (Fsp3) is 0.167. The van der Waals surface area contributed by atoms with Gasteiger partial charge < -0.3 is 10.6 Å². The van der Waals surface area contributed by atoms with Crippen molar-refractivity contribution in [3.8, 4) is 0 Å². The topological polar surface area (TPSA) is 66.9 Å². The molecule has 0 aliphatic heterocycles. The van der Waals surface area contributed by atoms with Gasteiger partial charge in [0.05, 0.1) is 5.52 Å². The lowest BCUT2D eigenvalue weighted by atomic mass is 10.1. The summed E-state index contributed by atoms with van der Waals surface area (Å²) in [7, 11) is 0. The van der Waals surface area contributed by atoms with Crippen LogP contribution in [0.2, 0.25) is 0 Å². The summed E-state index contributed by atoms with van der Waals surface area (Å²) in [6.45, 7) is 4.37. The molecule has 0 aliphatic rings. The molecular weight excluding hydrogens is 288 g/mol. The molecule has 0 fully saturated rings. The van der Waals surface area contributed by atoms with E-state index in [9.17, 15) is 4.79 Å². The minimum absolute atomic E-state index is 0.0490. The van der Waals surface area contributed by atoms with Gasteiger partial charge in [-0.05, 0) is 50.2 Å². The van der Waals surface area contributed by atoms with Crippen molar-refractivity contribution >= 4 is 34.1 Å². The van der Waals surface area contributed by atoms with Crippen LogP contribution in [0.1, 0.15) is 24.2 Å². The van der Waals surface area contributed by atoms with E-state index >= 15 is 0 Å². The van der Waals surface area contributed by atoms with Gasteiger partial charge >= 0.3 is 0 Å². The maximum atomic E-state index is 11.3. The Morgan fingerprint density at radius 3 is 2.48 bits per heavy atom. The molecule has 3 aromatic rings. The number of Topliss-reactive ketones (excluding diaryl/α,β-unsaturated/α-hetero) is 1. The fourth-order valence-electron chi connectivity index (χ4n) is 2.35. The van der Waals surface area contributed by atoms with E-state index in [2.05, 4.69) is 20.6 Å². The SMILES string of the molecule is CCNc1nc(Nc2ccc(C(C)=O)cc2)nc2ccccc12. The number of para-hydroxylation sites is 1. The van der Waals surface area contributed by atoms with Crippen molar-refractivity contribution in [2.24, 2.45) is 0 Å². The Labute approximate surface area is 134 Å². The van der Waals surface area contributed by atoms with Crippen molar-refractivity contribution in [2.75, 3.05) is 17.2 Å². The highest BCUT2D eigenvalue weighted by Crippen LogP contribution is 2.23. The second-order valence-corrected chi connectivity index (χ2v) is 5.20. The number of benzene rings is 2. The highest BCUT2D eigenvalue weighted by atomic mass is 16.1. The number of fused-ring (bicyclic) bond motifs is 1. The molecule has 23 heavy (non-hydrogen) atoms. The van der Waals surface area contributed by atoms with Crippen LogP contribution in [0.5, 0.6) is 0 Å². The Morgan fingerprint density at radius 1 is 1.04 bits per heavy atom. The minimum Gasteiger partial charge on any atom is -0.370 e. The van der Waals surface area contributed by atoms with E-state index < -0.39 is 0 Å². The molecule has 0 saturated heterocycles. The van der Waals surface area contributed by atoms with Gasteiger partial charge in [0, 0.05) is 23.2 Å². The monoisotopic (exact) mass is 306 g/mol. The summed E-state index contributed by atoms with van der Waals surface area (Å²) in [6.07, 6.45) is 0. The molecule has 0 saturated carbocycles. The predicted octanol–water partition coefficient (Wildman–Crippen LogP) is 4.01. The molecular formula is C18H18N4O. The number of aromatic nitrogens is 2. The van der Waals surface area contributed by atoms with Crippen LogP contribution in [0, 0.1) is 0 Å². The van der Waals surface area contributed by atoms with Crippen LogP contribution in [0.25, 0.3) is 10.9 Å². The summed E-state index contributed by atoms with van der Waals surface area (Å²) < 4.78 is 0. The summed E-state index contributed by atoms with van der Waals surface area (Å²) >= 11 is 0. The number of carbonyl (C=O) groups excluding carboxylic acids is 1. The highest BCUT2D eigenvalue weighted by molar-refractivity contribution is 5.94. The number of ketones is 1. The maximum Gasteiger partial charge on any atom is 0.229 e. The average Bonchev–Trinajstić information content (AvgIpc) is 2.55. The predicted molar refractivity (Wildman–Crippen MR) is 93.4 cm³/mol. The normalized spacial score (nSPS) is 10.5. The first-order valence-corrected chi connectivity index (χ1v) is 7.56. The maximum absolute atomic E-state index is 11.3. The number of anilines is 3. The molecule has 0 atom stereocenters. The third-order valence-corrected chi connectivity index (χ3v) is 3.50. The smallest absolute Gasteiger partial charge is 0.229 e. The Hall–Kier alpha value is -2.95. The molecule has 0 unspecified atom stereocenters. The van der Waals surface area contributed by atoms with Crippen LogP contribution in [0.3, 0.4) is 0 Å². The molecule has 2 aromatic carbocycles. The number of hydrogen-bond donors (Lipinski definition) is 2. The zero-order chi connectivity index (χ0) is 16.2. The molecule has 0 radical (unpaired) electrons. The third-order valence-electron chi connectivity index (χ3n) is 3.50. The fourth-order valence-corrected chi connectivity index (χ4v) is 2.35. The van der Waals surface area contributed by atoms with Gasteiger partial charge in [0.25, 0.3) is 0 Å². The minimum atomic E-state index is 0.0490. The summed E-state index contributed by atoms with van der Waals surface area (Å²) in [5, 5.41) is 7.44. The Balaban J connectivity index is 1.94. The molecule has 3 rings (SSSR count). The van der Waals surface area contributed by atoms with Crippen LogP contribution < -0.4 is 10.6 Å². The van der Waals surface area contributed by atoms with Crippen molar-refractivity contribution in [1.82, 2.24) is 9.97 Å². The first kappa shape index (κ1) is 15.0. The van der Waals surface area contributed by atoms with Gasteiger partial charge in [0.2, 0.25) is 5.95 Å². The highest BCUT2D eigenvalue weighted by Gasteiger charge is 2.07. The van der Waals surface area contributed by atoms with E-state index in [1.54, 1.807) is 19.1 Å². The summed E-state index contributed by atoms with van der Waals surface area (Å²) in [6, 6.07) is 15.2. The first-order valence-electron chi connectivity index (χ1n) is 7.56. The zero-order valence-corrected chi connectivity index (χ0v) is 13.1. The molecule has 0 spiro atoms. The summed E-state index contributed by atoms with van der Waals surface area (Å²) in [5.74, 6) is 1.38. The van der Waals surface area contributed by atoms with E-state index in [1.807, 2.05) is 43.3 Å². The molecule has 0 aliphatic carbocycles. The lowest BCUT2D eigenvalue weighted by Gasteiger charge is -2.11. The standard InChI is InChI=1S/C18H18N4O/c1-3-19-17-15-6-4-5-7-16(15)21-18(22-17)20-14-10-8-13(9-11-14)12(2)23/h4-11H,3H2,1-2H3,(H2,19,20,21,22). The van der Waals surface area contributed by atoms with E-state index in [0.29, 0.717) is 11.5 Å². The quantitative estimate of drug-likeness (QED) is 0.697. The van der Waals surface area contributed by atoms with Crippen LogP contribution in [-0.4, -0.2) is 22.3 Å². The lowest BCUT2D eigenvalue weighted by Crippen LogP contribution is -2.05. The summed E-state index contributed by atoms with van der Waals surface area (Å²) in [4.78, 5) is 20.4. The van der Waals surface area contributed by atoms with Gasteiger partial charge in [-0.25, -0.2) is 4.98 Å². The number of carbonyl (C=O) groups is 1. The number of nitrogens with zero attached hydrogens (tertiary/aromatic N) is 2. The van der Waals surface area contributed by atoms with Gasteiger partial charge in [0.1, 0.15) is 5.82 Å². The number of rotatable bonds is 5. The average molecular weight is 306 g/mol. The Bertz CT molecular complexity index is 843. The van der Waals surface area contributed by atoms with Gasteiger partial charge in [-0.1, -0.05) is 12.1 Å². The van der Waals surface area contributed by atoms with E-state index in [4.69, 9.17) is 0 Å². The zero-order valence-electron chi connectivity index (χ0n) is 13.1. The van der Waals surface area contributed by atoms with Gasteiger partial charge in [0.15, 0.2) is 5.78 Å². The van der Waals surface area contributed by atoms with Crippen LogP contribution in [-0.2, 0) is 0 Å². The molecule has 5 heteroatoms. The second-order valence-electron chi connectivity index (χ2n) is 5.20. The molecule has 5 nitrogen and oxygen atoms in total. The van der Waals surface area contributed by atoms with Crippen LogP contribution in [0.4, 0.5) is 17.5 Å². The largest absolute Gasteiger partial charge is 0.370 e. The van der Waals surface area contributed by atoms with Crippen molar-refractivity contribution < 1.29 is 4.79 Å². The lowest BCUT2D eigenvalue weighted by molar-refractivity contribution is 0.101. The number of nitrogens with one attached hydrogen (secondary N) is 2. The van der Waals surface area contributed by atoms with Crippen molar-refractivity contribution in [3.05, 3.63) is 54.1 Å². The third kappa shape index (κ3) is 3.29. The second kappa shape index (κ2) is 6.44. The number of hydrogen-bond acceptors (Lipinski definition) is 5. The van der Waals surface area contributed by atoms with Crippen LogP contribution in [0.15, 0.2) is 48.5 Å². The Kier molecular flexibility index (Phi) is 4.19. The molecule has 0 bridgehead atoms. The molecule has 1 aromatic heterocycles. The molecule has 0 amide bonds. The van der Waals surface area contributed by atoms with E-state index in [0.717, 1.165) is 29.0 Å². The van der Waals surface area contributed by atoms with E-state index in [-0.39, 0.29) is 5.78 Å². The Morgan fingerprint density at radius 2 is 1.78 bits per heavy atom. The van der Waals surface area contributed by atoms with Crippen LogP contribution >= 0.6 is 0 Å². The first-order chi connectivity index (χ1) is 11.2. The van der Waals surface area contributed by atoms with Crippen molar-refractivity contribution in [1.29, 1.82) is 0 Å². The summed E-state index contributed by atoms with van der Waals surface area (Å²) in [5.41, 5.74) is 2.40.